The van der Waals surface area contributed by atoms with E-state index in [0.717, 1.165) is 39.1 Å². The van der Waals surface area contributed by atoms with Gasteiger partial charge in [-0.05, 0) is 49.8 Å². The molecule has 0 radical (unpaired) electrons. The van der Waals surface area contributed by atoms with Crippen LogP contribution >= 0.6 is 0 Å². The monoisotopic (exact) mass is 418 g/mol. The Hall–Kier alpha value is -4.25. The molecule has 5 nitrogen and oxygen atoms in total. The molecule has 0 fully saturated rings. The zero-order valence-corrected chi connectivity index (χ0v) is 17.9. The first kappa shape index (κ1) is 19.7. The van der Waals surface area contributed by atoms with Crippen molar-refractivity contribution in [2.24, 2.45) is 0 Å². The Kier molecular flexibility index (Phi) is 5.00. The number of carbonyl (C=O) groups is 1. The first-order valence-corrected chi connectivity index (χ1v) is 10.5. The predicted octanol–water partition coefficient (Wildman–Crippen LogP) is 5.82. The number of benzene rings is 2. The molecule has 5 rings (SSSR count). The van der Waals surface area contributed by atoms with E-state index in [4.69, 9.17) is 4.98 Å². The number of nitrogens with zero attached hydrogens (tertiary/aromatic N) is 3. The number of fused-ring (bicyclic) bond motifs is 2. The Morgan fingerprint density at radius 2 is 1.78 bits per heavy atom. The van der Waals surface area contributed by atoms with Crippen LogP contribution in [0.2, 0.25) is 0 Å². The van der Waals surface area contributed by atoms with Crippen LogP contribution in [0.1, 0.15) is 16.8 Å². The van der Waals surface area contributed by atoms with Crippen LogP contribution in [0.5, 0.6) is 0 Å². The highest BCUT2D eigenvalue weighted by atomic mass is 16.1. The van der Waals surface area contributed by atoms with Gasteiger partial charge in [0.1, 0.15) is 5.65 Å². The molecule has 3 heterocycles. The molecule has 0 unspecified atom stereocenters. The van der Waals surface area contributed by atoms with E-state index in [1.165, 1.54) is 5.56 Å². The van der Waals surface area contributed by atoms with Crippen molar-refractivity contribution in [3.05, 3.63) is 102 Å². The van der Waals surface area contributed by atoms with Gasteiger partial charge in [0.2, 0.25) is 5.91 Å². The Morgan fingerprint density at radius 3 is 2.62 bits per heavy atom. The second-order valence-electron chi connectivity index (χ2n) is 7.85. The Morgan fingerprint density at radius 1 is 0.969 bits per heavy atom. The van der Waals surface area contributed by atoms with Gasteiger partial charge in [0.15, 0.2) is 0 Å². The lowest BCUT2D eigenvalue weighted by atomic mass is 10.1. The van der Waals surface area contributed by atoms with Gasteiger partial charge in [0, 0.05) is 29.4 Å². The molecular weight excluding hydrogens is 396 g/mol. The third kappa shape index (κ3) is 3.76. The number of hydrogen-bond donors (Lipinski definition) is 1. The highest BCUT2D eigenvalue weighted by Gasteiger charge is 2.13. The van der Waals surface area contributed by atoms with Crippen LogP contribution in [0.3, 0.4) is 0 Å². The molecule has 0 saturated heterocycles. The molecule has 0 saturated carbocycles. The highest BCUT2D eigenvalue weighted by molar-refractivity contribution is 6.06. The Labute approximate surface area is 186 Å². The maximum Gasteiger partial charge on any atom is 0.248 e. The average molecular weight is 419 g/mol. The topological polar surface area (TPSA) is 59.3 Å². The van der Waals surface area contributed by atoms with Crippen molar-refractivity contribution in [3.8, 4) is 11.3 Å². The molecule has 32 heavy (non-hydrogen) atoms. The number of aryl methyl sites for hydroxylation is 2. The van der Waals surface area contributed by atoms with Gasteiger partial charge in [-0.3, -0.25) is 14.2 Å². The summed E-state index contributed by atoms with van der Waals surface area (Å²) in [4.78, 5) is 22.0. The van der Waals surface area contributed by atoms with E-state index in [1.807, 2.05) is 66.1 Å². The van der Waals surface area contributed by atoms with E-state index in [1.54, 1.807) is 12.3 Å². The third-order valence-corrected chi connectivity index (χ3v) is 5.43. The molecule has 0 atom stereocenters. The first-order valence-electron chi connectivity index (χ1n) is 10.5. The molecule has 5 heteroatoms. The van der Waals surface area contributed by atoms with Gasteiger partial charge in [0.05, 0.1) is 22.6 Å². The predicted molar refractivity (Wildman–Crippen MR) is 130 cm³/mol. The van der Waals surface area contributed by atoms with E-state index in [2.05, 4.69) is 41.5 Å². The van der Waals surface area contributed by atoms with E-state index >= 15 is 0 Å². The molecule has 156 valence electrons. The quantitative estimate of drug-likeness (QED) is 0.374. The number of amides is 1. The zero-order valence-electron chi connectivity index (χ0n) is 17.9. The van der Waals surface area contributed by atoms with Gasteiger partial charge >= 0.3 is 0 Å². The highest BCUT2D eigenvalue weighted by Crippen LogP contribution is 2.27. The number of pyridine rings is 2. The van der Waals surface area contributed by atoms with Crippen LogP contribution < -0.4 is 5.32 Å². The number of imidazole rings is 1. The van der Waals surface area contributed by atoms with Crippen LogP contribution in [0.15, 0.2) is 85.2 Å². The van der Waals surface area contributed by atoms with Crippen molar-refractivity contribution in [3.63, 3.8) is 0 Å². The number of para-hydroxylation sites is 1. The molecule has 1 N–H and O–H groups in total. The summed E-state index contributed by atoms with van der Waals surface area (Å²) in [5, 5.41) is 3.93. The maximum atomic E-state index is 12.8. The number of anilines is 1. The summed E-state index contributed by atoms with van der Waals surface area (Å²) >= 11 is 0. The van der Waals surface area contributed by atoms with Crippen LogP contribution in [0.25, 0.3) is 33.9 Å². The summed E-state index contributed by atoms with van der Waals surface area (Å²) in [6.45, 7) is 4.10. The molecule has 0 spiro atoms. The van der Waals surface area contributed by atoms with Crippen LogP contribution in [-0.2, 0) is 4.79 Å². The fourth-order valence-corrected chi connectivity index (χ4v) is 3.78. The van der Waals surface area contributed by atoms with Crippen LogP contribution in [0, 0.1) is 13.8 Å². The van der Waals surface area contributed by atoms with E-state index in [-0.39, 0.29) is 5.91 Å². The number of carbonyl (C=O) groups excluding carboxylic acids is 1. The van der Waals surface area contributed by atoms with E-state index in [9.17, 15) is 4.79 Å². The van der Waals surface area contributed by atoms with Crippen molar-refractivity contribution in [1.82, 2.24) is 14.4 Å². The summed E-state index contributed by atoms with van der Waals surface area (Å²) in [6.07, 6.45) is 7.07. The normalized spacial score (nSPS) is 11.4. The fraction of sp³-hybridized carbons (Fsp3) is 0.0741. The van der Waals surface area contributed by atoms with Gasteiger partial charge in [-0.2, -0.15) is 0 Å². The van der Waals surface area contributed by atoms with Crippen molar-refractivity contribution in [1.29, 1.82) is 0 Å². The van der Waals surface area contributed by atoms with Gasteiger partial charge in [-0.25, -0.2) is 4.98 Å². The molecular formula is C27H22N4O. The minimum absolute atomic E-state index is 0.222. The maximum absolute atomic E-state index is 12.8. The Bertz CT molecular complexity index is 1470. The van der Waals surface area contributed by atoms with Crippen molar-refractivity contribution >= 4 is 34.2 Å². The number of hydrogen-bond acceptors (Lipinski definition) is 3. The first-order chi connectivity index (χ1) is 15.6. The number of rotatable bonds is 4. The van der Waals surface area contributed by atoms with Gasteiger partial charge < -0.3 is 5.32 Å². The summed E-state index contributed by atoms with van der Waals surface area (Å²) in [5.74, 6) is -0.222. The Balaban J connectivity index is 1.51. The lowest BCUT2D eigenvalue weighted by Crippen LogP contribution is -2.08. The summed E-state index contributed by atoms with van der Waals surface area (Å²) in [6, 6.07) is 21.9. The SMILES string of the molecule is Cc1ccc(-c2nc3cc(C)ccn3c2/C=C/C(=O)Nc2cccc3cccnc23)cc1. The fourth-order valence-electron chi connectivity index (χ4n) is 3.78. The van der Waals surface area contributed by atoms with Gasteiger partial charge in [-0.15, -0.1) is 0 Å². The van der Waals surface area contributed by atoms with Crippen molar-refractivity contribution in [2.45, 2.75) is 13.8 Å². The summed E-state index contributed by atoms with van der Waals surface area (Å²) in [7, 11) is 0. The van der Waals surface area contributed by atoms with Gasteiger partial charge in [0.25, 0.3) is 0 Å². The smallest absolute Gasteiger partial charge is 0.248 e. The summed E-state index contributed by atoms with van der Waals surface area (Å²) in [5.41, 5.74) is 7.33. The van der Waals surface area contributed by atoms with Crippen molar-refractivity contribution < 1.29 is 4.79 Å². The van der Waals surface area contributed by atoms with Crippen molar-refractivity contribution in [2.75, 3.05) is 5.32 Å². The molecule has 3 aromatic heterocycles. The molecule has 5 aromatic rings. The number of aromatic nitrogens is 3. The number of nitrogens with one attached hydrogen (secondary N) is 1. The minimum atomic E-state index is -0.222. The molecule has 0 aliphatic heterocycles. The average Bonchev–Trinajstić information content (AvgIpc) is 3.16. The van der Waals surface area contributed by atoms with E-state index < -0.39 is 0 Å². The second kappa shape index (κ2) is 8.12. The lowest BCUT2D eigenvalue weighted by Gasteiger charge is -2.06. The molecule has 0 bridgehead atoms. The largest absolute Gasteiger partial charge is 0.321 e. The third-order valence-electron chi connectivity index (χ3n) is 5.43. The molecule has 0 aliphatic rings. The lowest BCUT2D eigenvalue weighted by molar-refractivity contribution is -0.111. The van der Waals surface area contributed by atoms with E-state index in [0.29, 0.717) is 5.69 Å². The molecule has 0 aliphatic carbocycles. The second-order valence-corrected chi connectivity index (χ2v) is 7.85. The summed E-state index contributed by atoms with van der Waals surface area (Å²) < 4.78 is 2.01. The van der Waals surface area contributed by atoms with Crippen LogP contribution in [0.4, 0.5) is 5.69 Å². The molecule has 2 aromatic carbocycles. The van der Waals surface area contributed by atoms with Crippen LogP contribution in [-0.4, -0.2) is 20.3 Å². The molecule has 1 amide bonds. The minimum Gasteiger partial charge on any atom is -0.321 e. The zero-order chi connectivity index (χ0) is 22.1. The standard InChI is InChI=1S/C27H22N4O/c1-18-8-10-21(11-9-18)27-23(31-16-14-19(2)17-24(31)30-27)12-13-25(32)29-22-7-3-5-20-6-4-15-28-26(20)22/h3-17H,1-2H3,(H,29,32)/b13-12+. The van der Waals surface area contributed by atoms with Gasteiger partial charge in [-0.1, -0.05) is 48.0 Å².